The highest BCUT2D eigenvalue weighted by Gasteiger charge is 2.08. The first-order valence-corrected chi connectivity index (χ1v) is 6.77. The number of benzene rings is 2. The molecule has 0 spiro atoms. The maximum absolute atomic E-state index is 10.7. The van der Waals surface area contributed by atoms with Gasteiger partial charge in [0.25, 0.3) is 0 Å². The summed E-state index contributed by atoms with van der Waals surface area (Å²) in [6, 6.07) is 15.3. The van der Waals surface area contributed by atoms with Crippen molar-refractivity contribution in [3.8, 4) is 5.75 Å². The Balaban J connectivity index is 1.90. The molecular weight excluding hydrogens is 268 g/mol. The van der Waals surface area contributed by atoms with Gasteiger partial charge in [0.2, 0.25) is 0 Å². The fourth-order valence-electron chi connectivity index (χ4n) is 2.04. The van der Waals surface area contributed by atoms with Crippen molar-refractivity contribution in [2.45, 2.75) is 20.0 Å². The van der Waals surface area contributed by atoms with E-state index in [9.17, 15) is 4.79 Å². The van der Waals surface area contributed by atoms with Crippen LogP contribution in [0.3, 0.4) is 0 Å². The van der Waals surface area contributed by atoms with E-state index in [0.29, 0.717) is 25.4 Å². The lowest BCUT2D eigenvalue weighted by molar-refractivity contribution is 0.122. The molecule has 21 heavy (non-hydrogen) atoms. The van der Waals surface area contributed by atoms with Crippen molar-refractivity contribution < 1.29 is 19.4 Å². The van der Waals surface area contributed by atoms with E-state index in [1.807, 2.05) is 49.4 Å². The van der Waals surface area contributed by atoms with Gasteiger partial charge in [-0.15, -0.1) is 0 Å². The Hall–Kier alpha value is -2.33. The first-order valence-electron chi connectivity index (χ1n) is 6.77. The molecule has 1 N–H and O–H groups in total. The fraction of sp³-hybridized carbons (Fsp3) is 0.235. The third-order valence-electron chi connectivity index (χ3n) is 3.04. The van der Waals surface area contributed by atoms with Crippen LogP contribution in [0.15, 0.2) is 48.5 Å². The van der Waals surface area contributed by atoms with Crippen LogP contribution < -0.4 is 4.74 Å². The summed E-state index contributed by atoms with van der Waals surface area (Å²) >= 11 is 0. The highest BCUT2D eigenvalue weighted by atomic mass is 16.7. The summed E-state index contributed by atoms with van der Waals surface area (Å²) in [7, 11) is 0. The van der Waals surface area contributed by atoms with Crippen LogP contribution in [0.2, 0.25) is 0 Å². The maximum Gasteiger partial charge on any atom is 0.511 e. The van der Waals surface area contributed by atoms with Gasteiger partial charge >= 0.3 is 6.16 Å². The van der Waals surface area contributed by atoms with E-state index in [4.69, 9.17) is 14.6 Å². The van der Waals surface area contributed by atoms with Crippen LogP contribution in [0.4, 0.5) is 4.79 Å². The lowest BCUT2D eigenvalue weighted by Crippen LogP contribution is -2.07. The zero-order valence-corrected chi connectivity index (χ0v) is 11.9. The predicted octanol–water partition coefficient (Wildman–Crippen LogP) is 3.81. The molecule has 0 aromatic heterocycles. The highest BCUT2D eigenvalue weighted by Crippen LogP contribution is 2.21. The molecule has 0 amide bonds. The molecule has 0 aliphatic rings. The highest BCUT2D eigenvalue weighted by molar-refractivity contribution is 5.62. The number of rotatable bonds is 6. The summed E-state index contributed by atoms with van der Waals surface area (Å²) in [6.07, 6.45) is -0.692. The van der Waals surface area contributed by atoms with E-state index >= 15 is 0 Å². The number of carboxylic acid groups (broad SMARTS) is 1. The van der Waals surface area contributed by atoms with Crippen LogP contribution >= 0.6 is 0 Å². The van der Waals surface area contributed by atoms with Crippen LogP contribution in [-0.4, -0.2) is 17.9 Å². The molecule has 2 aromatic carbocycles. The van der Waals surface area contributed by atoms with E-state index in [0.717, 1.165) is 16.7 Å². The van der Waals surface area contributed by atoms with Crippen molar-refractivity contribution in [1.29, 1.82) is 0 Å². The van der Waals surface area contributed by atoms with Crippen molar-refractivity contribution in [3.05, 3.63) is 65.2 Å². The zero-order valence-electron chi connectivity index (χ0n) is 11.9. The molecule has 0 saturated heterocycles. The van der Waals surface area contributed by atoms with Crippen molar-refractivity contribution in [1.82, 2.24) is 0 Å². The van der Waals surface area contributed by atoms with Crippen molar-refractivity contribution in [3.63, 3.8) is 0 Å². The average molecular weight is 286 g/mol. The first-order chi connectivity index (χ1) is 10.1. The number of aryl methyl sites for hydroxylation is 1. The minimum Gasteiger partial charge on any atom is -0.449 e. The number of hydrogen-bond acceptors (Lipinski definition) is 3. The Morgan fingerprint density at radius 2 is 1.90 bits per heavy atom. The SMILES string of the molecule is Cc1ccc(OC(=O)O)c(CCOCc2ccccc2)c1. The standard InChI is InChI=1S/C17H18O4/c1-13-7-8-16(21-17(18)19)15(11-13)9-10-20-12-14-5-3-2-4-6-14/h2-8,11H,9-10,12H2,1H3,(H,18,19). The van der Waals surface area contributed by atoms with Gasteiger partial charge in [-0.1, -0.05) is 48.0 Å². The normalized spacial score (nSPS) is 10.3. The lowest BCUT2D eigenvalue weighted by atomic mass is 10.1. The maximum atomic E-state index is 10.7. The minimum atomic E-state index is -1.30. The van der Waals surface area contributed by atoms with Crippen molar-refractivity contribution >= 4 is 6.16 Å². The Morgan fingerprint density at radius 1 is 1.14 bits per heavy atom. The Labute approximate surface area is 123 Å². The number of ether oxygens (including phenoxy) is 2. The van der Waals surface area contributed by atoms with Gasteiger partial charge in [0.05, 0.1) is 13.2 Å². The average Bonchev–Trinajstić information content (AvgIpc) is 2.47. The summed E-state index contributed by atoms with van der Waals surface area (Å²) in [5.74, 6) is 0.372. The van der Waals surface area contributed by atoms with Gasteiger partial charge in [0, 0.05) is 0 Å². The van der Waals surface area contributed by atoms with Gasteiger partial charge in [-0.3, -0.25) is 0 Å². The molecule has 0 radical (unpaired) electrons. The van der Waals surface area contributed by atoms with Crippen molar-refractivity contribution in [2.24, 2.45) is 0 Å². The van der Waals surface area contributed by atoms with Gasteiger partial charge < -0.3 is 14.6 Å². The molecule has 2 rings (SSSR count). The molecular formula is C17H18O4. The topological polar surface area (TPSA) is 55.8 Å². The molecule has 0 fully saturated rings. The Kier molecular flexibility index (Phi) is 5.35. The molecule has 0 heterocycles. The molecule has 0 atom stereocenters. The van der Waals surface area contributed by atoms with Crippen LogP contribution in [0, 0.1) is 6.92 Å². The largest absolute Gasteiger partial charge is 0.511 e. The smallest absolute Gasteiger partial charge is 0.449 e. The van der Waals surface area contributed by atoms with E-state index < -0.39 is 6.16 Å². The van der Waals surface area contributed by atoms with Gasteiger partial charge in [0.1, 0.15) is 5.75 Å². The van der Waals surface area contributed by atoms with Crippen molar-refractivity contribution in [2.75, 3.05) is 6.61 Å². The second kappa shape index (κ2) is 7.45. The molecule has 0 bridgehead atoms. The monoisotopic (exact) mass is 286 g/mol. The van der Waals surface area contributed by atoms with E-state index in [1.165, 1.54) is 0 Å². The molecule has 0 aliphatic heterocycles. The fourth-order valence-corrected chi connectivity index (χ4v) is 2.04. The summed E-state index contributed by atoms with van der Waals surface area (Å²) in [5.41, 5.74) is 3.01. The number of carbonyl (C=O) groups is 1. The molecule has 0 aliphatic carbocycles. The van der Waals surface area contributed by atoms with E-state index in [-0.39, 0.29) is 0 Å². The third kappa shape index (κ3) is 4.93. The molecule has 4 nitrogen and oxygen atoms in total. The second-order valence-corrected chi connectivity index (χ2v) is 4.77. The predicted molar refractivity (Wildman–Crippen MR) is 79.6 cm³/mol. The van der Waals surface area contributed by atoms with Gasteiger partial charge in [-0.05, 0) is 30.5 Å². The quantitative estimate of drug-likeness (QED) is 0.498. The van der Waals surface area contributed by atoms with E-state index in [2.05, 4.69) is 0 Å². The van der Waals surface area contributed by atoms with Crippen LogP contribution in [0.1, 0.15) is 16.7 Å². The summed E-state index contributed by atoms with van der Waals surface area (Å²) in [4.78, 5) is 10.7. The summed E-state index contributed by atoms with van der Waals surface area (Å²) in [5, 5.41) is 8.73. The summed E-state index contributed by atoms with van der Waals surface area (Å²) < 4.78 is 10.4. The molecule has 0 saturated carbocycles. The zero-order chi connectivity index (χ0) is 15.1. The number of hydrogen-bond donors (Lipinski definition) is 1. The summed E-state index contributed by atoms with van der Waals surface area (Å²) in [6.45, 7) is 3.01. The van der Waals surface area contributed by atoms with Crippen LogP contribution in [0.25, 0.3) is 0 Å². The Morgan fingerprint density at radius 3 is 2.62 bits per heavy atom. The van der Waals surface area contributed by atoms with Gasteiger partial charge in [0.15, 0.2) is 0 Å². The van der Waals surface area contributed by atoms with E-state index in [1.54, 1.807) is 6.07 Å². The van der Waals surface area contributed by atoms with Gasteiger partial charge in [-0.25, -0.2) is 4.79 Å². The first kappa shape index (κ1) is 15.1. The Bertz CT molecular complexity index is 593. The third-order valence-corrected chi connectivity index (χ3v) is 3.04. The molecule has 4 heteroatoms. The molecule has 2 aromatic rings. The minimum absolute atomic E-state index is 0.372. The lowest BCUT2D eigenvalue weighted by Gasteiger charge is -2.10. The second-order valence-electron chi connectivity index (χ2n) is 4.77. The molecule has 110 valence electrons. The van der Waals surface area contributed by atoms with Crippen LogP contribution in [-0.2, 0) is 17.8 Å². The molecule has 0 unspecified atom stereocenters. The van der Waals surface area contributed by atoms with Crippen LogP contribution in [0.5, 0.6) is 5.75 Å². The van der Waals surface area contributed by atoms with Gasteiger partial charge in [-0.2, -0.15) is 0 Å².